The SMILES string of the molecule is CCNc1cc(S(=O)(=O)NCCS(N)(=O)=O)ccn1. The number of pyridine rings is 1. The maximum Gasteiger partial charge on any atom is 0.240 e. The number of nitrogens with two attached hydrogens (primary N) is 1. The summed E-state index contributed by atoms with van der Waals surface area (Å²) in [6.45, 7) is 2.18. The van der Waals surface area contributed by atoms with Crippen molar-refractivity contribution in [3.05, 3.63) is 18.3 Å². The molecule has 0 aliphatic rings. The minimum absolute atomic E-state index is 0.00729. The van der Waals surface area contributed by atoms with E-state index in [1.54, 1.807) is 0 Å². The molecule has 19 heavy (non-hydrogen) atoms. The van der Waals surface area contributed by atoms with Crippen molar-refractivity contribution in [3.63, 3.8) is 0 Å². The molecular formula is C9H16N4O4S2. The van der Waals surface area contributed by atoms with Crippen LogP contribution in [-0.4, -0.2) is 40.7 Å². The molecule has 108 valence electrons. The Morgan fingerprint density at radius 3 is 2.58 bits per heavy atom. The highest BCUT2D eigenvalue weighted by molar-refractivity contribution is 7.90. The van der Waals surface area contributed by atoms with Gasteiger partial charge in [-0.2, -0.15) is 0 Å². The summed E-state index contributed by atoms with van der Waals surface area (Å²) < 4.78 is 47.3. The first kappa shape index (κ1) is 15.8. The summed E-state index contributed by atoms with van der Waals surface area (Å²) in [4.78, 5) is 3.95. The Morgan fingerprint density at radius 1 is 1.32 bits per heavy atom. The molecule has 1 aromatic rings. The summed E-state index contributed by atoms with van der Waals surface area (Å²) in [5.41, 5.74) is 0. The minimum atomic E-state index is -3.77. The molecule has 0 amide bonds. The Kier molecular flexibility index (Phi) is 5.23. The van der Waals surface area contributed by atoms with Crippen LogP contribution in [0.1, 0.15) is 6.92 Å². The van der Waals surface area contributed by atoms with Crippen LogP contribution in [0.2, 0.25) is 0 Å². The third-order valence-electron chi connectivity index (χ3n) is 2.08. The van der Waals surface area contributed by atoms with E-state index >= 15 is 0 Å². The number of hydrogen-bond acceptors (Lipinski definition) is 6. The summed E-state index contributed by atoms with van der Waals surface area (Å²) in [6, 6.07) is 2.68. The zero-order chi connectivity index (χ0) is 14.5. The molecule has 0 aliphatic heterocycles. The van der Waals surface area contributed by atoms with Gasteiger partial charge in [0.15, 0.2) is 0 Å². The van der Waals surface area contributed by atoms with E-state index in [0.29, 0.717) is 12.4 Å². The first-order valence-corrected chi connectivity index (χ1v) is 8.64. The van der Waals surface area contributed by atoms with Crippen LogP contribution in [0.5, 0.6) is 0 Å². The molecule has 10 heteroatoms. The van der Waals surface area contributed by atoms with Gasteiger partial charge in [-0.15, -0.1) is 0 Å². The maximum absolute atomic E-state index is 11.9. The second-order valence-corrected chi connectivity index (χ2v) is 7.17. The molecule has 0 unspecified atom stereocenters. The van der Waals surface area contributed by atoms with Crippen LogP contribution in [-0.2, 0) is 20.0 Å². The molecule has 8 nitrogen and oxygen atoms in total. The summed E-state index contributed by atoms with van der Waals surface area (Å²) in [7, 11) is -7.47. The van der Waals surface area contributed by atoms with Crippen molar-refractivity contribution in [2.75, 3.05) is 24.2 Å². The van der Waals surface area contributed by atoms with Crippen LogP contribution in [0, 0.1) is 0 Å². The Hall–Kier alpha value is -1.23. The van der Waals surface area contributed by atoms with Crippen LogP contribution < -0.4 is 15.2 Å². The molecule has 1 rings (SSSR count). The van der Waals surface area contributed by atoms with Gasteiger partial charge in [0.2, 0.25) is 20.0 Å². The molecule has 0 fully saturated rings. The molecule has 0 saturated carbocycles. The van der Waals surface area contributed by atoms with E-state index in [2.05, 4.69) is 15.0 Å². The van der Waals surface area contributed by atoms with Crippen molar-refractivity contribution in [3.8, 4) is 0 Å². The third-order valence-corrected chi connectivity index (χ3v) is 4.31. The van der Waals surface area contributed by atoms with E-state index in [-0.39, 0.29) is 11.4 Å². The molecule has 0 aliphatic carbocycles. The minimum Gasteiger partial charge on any atom is -0.370 e. The maximum atomic E-state index is 11.9. The molecule has 1 heterocycles. The quantitative estimate of drug-likeness (QED) is 0.597. The lowest BCUT2D eigenvalue weighted by molar-refractivity contribution is 0.581. The number of nitrogens with zero attached hydrogens (tertiary/aromatic N) is 1. The van der Waals surface area contributed by atoms with Crippen LogP contribution >= 0.6 is 0 Å². The molecule has 0 saturated heterocycles. The largest absolute Gasteiger partial charge is 0.370 e. The molecule has 0 radical (unpaired) electrons. The second kappa shape index (κ2) is 6.28. The number of anilines is 1. The van der Waals surface area contributed by atoms with Gasteiger partial charge in [0.05, 0.1) is 10.6 Å². The summed E-state index contributed by atoms with van der Waals surface area (Å²) in [5.74, 6) is -0.0333. The van der Waals surface area contributed by atoms with Gasteiger partial charge in [0, 0.05) is 25.4 Å². The molecule has 4 N–H and O–H groups in total. The molecular weight excluding hydrogens is 292 g/mol. The smallest absolute Gasteiger partial charge is 0.240 e. The number of rotatable bonds is 7. The third kappa shape index (κ3) is 5.51. The number of hydrogen-bond donors (Lipinski definition) is 3. The lowest BCUT2D eigenvalue weighted by Gasteiger charge is -2.08. The van der Waals surface area contributed by atoms with Crippen molar-refractivity contribution in [1.82, 2.24) is 9.71 Å². The van der Waals surface area contributed by atoms with Crippen LogP contribution in [0.3, 0.4) is 0 Å². The average Bonchev–Trinajstić information content (AvgIpc) is 2.28. The molecule has 0 spiro atoms. The standard InChI is InChI=1S/C9H16N4O4S2/c1-2-11-9-7-8(3-4-12-9)19(16,17)13-5-6-18(10,14)15/h3-4,7,13H,2,5-6H2,1H3,(H,11,12)(H2,10,14,15). The summed E-state index contributed by atoms with van der Waals surface area (Å²) >= 11 is 0. The van der Waals surface area contributed by atoms with Crippen molar-refractivity contribution in [2.45, 2.75) is 11.8 Å². The molecule has 0 bridgehead atoms. The van der Waals surface area contributed by atoms with Gasteiger partial charge in [-0.05, 0) is 13.0 Å². The average molecular weight is 308 g/mol. The van der Waals surface area contributed by atoms with E-state index in [9.17, 15) is 16.8 Å². The Bertz CT molecular complexity index is 627. The van der Waals surface area contributed by atoms with Crippen molar-refractivity contribution in [1.29, 1.82) is 0 Å². The molecule has 0 atom stereocenters. The second-order valence-electron chi connectivity index (χ2n) is 3.67. The number of aromatic nitrogens is 1. The van der Waals surface area contributed by atoms with Crippen LogP contribution in [0.15, 0.2) is 23.2 Å². The Balaban J connectivity index is 2.79. The normalized spacial score (nSPS) is 12.3. The fraction of sp³-hybridized carbons (Fsp3) is 0.444. The lowest BCUT2D eigenvalue weighted by Crippen LogP contribution is -2.31. The zero-order valence-corrected chi connectivity index (χ0v) is 12.0. The predicted octanol–water partition coefficient (Wildman–Crippen LogP) is -0.920. The van der Waals surface area contributed by atoms with E-state index < -0.39 is 25.8 Å². The fourth-order valence-corrected chi connectivity index (χ4v) is 2.82. The van der Waals surface area contributed by atoms with Crippen molar-refractivity contribution < 1.29 is 16.8 Å². The van der Waals surface area contributed by atoms with Crippen LogP contribution in [0.25, 0.3) is 0 Å². The van der Waals surface area contributed by atoms with Crippen molar-refractivity contribution >= 4 is 25.9 Å². The van der Waals surface area contributed by atoms with E-state index in [1.807, 2.05) is 6.92 Å². The Morgan fingerprint density at radius 2 is 2.00 bits per heavy atom. The van der Waals surface area contributed by atoms with Gasteiger partial charge in [-0.3, -0.25) is 0 Å². The van der Waals surface area contributed by atoms with Gasteiger partial charge in [0.1, 0.15) is 5.82 Å². The highest BCUT2D eigenvalue weighted by Crippen LogP contribution is 2.12. The van der Waals surface area contributed by atoms with Crippen LogP contribution in [0.4, 0.5) is 5.82 Å². The predicted molar refractivity (Wildman–Crippen MR) is 71.6 cm³/mol. The first-order chi connectivity index (χ1) is 8.74. The van der Waals surface area contributed by atoms with Gasteiger partial charge in [-0.1, -0.05) is 0 Å². The first-order valence-electron chi connectivity index (χ1n) is 5.44. The zero-order valence-electron chi connectivity index (χ0n) is 10.3. The highest BCUT2D eigenvalue weighted by atomic mass is 32.2. The van der Waals surface area contributed by atoms with Crippen molar-refractivity contribution in [2.24, 2.45) is 5.14 Å². The fourth-order valence-electron chi connectivity index (χ4n) is 1.26. The molecule has 1 aromatic heterocycles. The molecule has 0 aromatic carbocycles. The Labute approximate surface area is 112 Å². The van der Waals surface area contributed by atoms with Gasteiger partial charge >= 0.3 is 0 Å². The van der Waals surface area contributed by atoms with Gasteiger partial charge < -0.3 is 5.32 Å². The number of sulfonamides is 2. The van der Waals surface area contributed by atoms with Gasteiger partial charge in [0.25, 0.3) is 0 Å². The summed E-state index contributed by atoms with van der Waals surface area (Å²) in [6.07, 6.45) is 1.35. The summed E-state index contributed by atoms with van der Waals surface area (Å²) in [5, 5.41) is 7.67. The highest BCUT2D eigenvalue weighted by Gasteiger charge is 2.15. The topological polar surface area (TPSA) is 131 Å². The monoisotopic (exact) mass is 308 g/mol. The lowest BCUT2D eigenvalue weighted by atomic mass is 10.4. The van der Waals surface area contributed by atoms with E-state index in [1.165, 1.54) is 18.3 Å². The number of nitrogens with one attached hydrogen (secondary N) is 2. The van der Waals surface area contributed by atoms with E-state index in [4.69, 9.17) is 5.14 Å². The number of primary sulfonamides is 1. The van der Waals surface area contributed by atoms with Gasteiger partial charge in [-0.25, -0.2) is 31.7 Å². The van der Waals surface area contributed by atoms with E-state index in [0.717, 1.165) is 0 Å².